The van der Waals surface area contributed by atoms with Crippen LogP contribution < -0.4 is 16.4 Å². The van der Waals surface area contributed by atoms with Gasteiger partial charge in [-0.2, -0.15) is 0 Å². The highest BCUT2D eigenvalue weighted by molar-refractivity contribution is 5.89. The molecule has 2 rings (SSSR count). The third-order valence-corrected chi connectivity index (χ3v) is 2.88. The van der Waals surface area contributed by atoms with Crippen LogP contribution in [-0.4, -0.2) is 11.2 Å². The van der Waals surface area contributed by atoms with E-state index in [1.54, 1.807) is 5.32 Å². The Bertz CT molecular complexity index is 705. The molecule has 5 nitrogen and oxygen atoms in total. The lowest BCUT2D eigenvalue weighted by molar-refractivity contribution is 0.210. The third-order valence-electron chi connectivity index (χ3n) is 2.88. The summed E-state index contributed by atoms with van der Waals surface area (Å²) in [6, 6.07) is 6.14. The fourth-order valence-electron chi connectivity index (χ4n) is 1.81. The number of hydrogen-bond acceptors (Lipinski definition) is 3. The Labute approximate surface area is 123 Å². The molecule has 5 N–H and O–H groups in total. The second-order valence-corrected chi connectivity index (χ2v) is 4.42. The molecule has 1 amide bonds. The van der Waals surface area contributed by atoms with Crippen molar-refractivity contribution < 1.29 is 23.1 Å². The molecule has 0 atom stereocenters. The molecule has 8 heteroatoms. The van der Waals surface area contributed by atoms with Gasteiger partial charge in [0.2, 0.25) is 0 Å². The van der Waals surface area contributed by atoms with Crippen molar-refractivity contribution in [1.82, 2.24) is 0 Å². The Morgan fingerprint density at radius 2 is 1.82 bits per heavy atom. The minimum atomic E-state index is -1.49. The van der Waals surface area contributed by atoms with Crippen LogP contribution in [0.5, 0.6) is 0 Å². The number of carbonyl (C=O) groups is 1. The predicted molar refractivity (Wildman–Crippen MR) is 76.1 cm³/mol. The predicted octanol–water partition coefficient (Wildman–Crippen LogP) is 3.39. The molecule has 0 radical (unpaired) electrons. The number of amides is 1. The first-order chi connectivity index (χ1) is 10.4. The highest BCUT2D eigenvalue weighted by atomic mass is 19.1. The summed E-state index contributed by atoms with van der Waals surface area (Å²) in [5.41, 5.74) is 4.64. The fourth-order valence-corrected chi connectivity index (χ4v) is 1.81. The van der Waals surface area contributed by atoms with Crippen LogP contribution in [-0.2, 0) is 6.54 Å². The number of hydrogen-bond donors (Lipinski definition) is 4. The van der Waals surface area contributed by atoms with Crippen LogP contribution in [0, 0.1) is 17.5 Å². The van der Waals surface area contributed by atoms with Gasteiger partial charge in [0, 0.05) is 12.6 Å². The van der Waals surface area contributed by atoms with Gasteiger partial charge < -0.3 is 16.2 Å². The SMILES string of the molecule is Nc1c(NC(=O)O)cc(F)c(NCc2ccc(F)cc2)c1F. The minimum Gasteiger partial charge on any atom is -0.465 e. The number of halogens is 3. The molecule has 0 saturated heterocycles. The van der Waals surface area contributed by atoms with Crippen LogP contribution >= 0.6 is 0 Å². The first-order valence-electron chi connectivity index (χ1n) is 6.14. The molecule has 0 spiro atoms. The Morgan fingerprint density at radius 3 is 2.41 bits per heavy atom. The average Bonchev–Trinajstić information content (AvgIpc) is 2.46. The smallest absolute Gasteiger partial charge is 0.409 e. The number of nitrogens with two attached hydrogens (primary N) is 1. The number of carboxylic acid groups (broad SMARTS) is 1. The molecular formula is C14H12F3N3O2. The molecule has 2 aromatic carbocycles. The molecule has 0 aliphatic rings. The van der Waals surface area contributed by atoms with Gasteiger partial charge in [0.25, 0.3) is 0 Å². The van der Waals surface area contributed by atoms with Gasteiger partial charge in [-0.1, -0.05) is 12.1 Å². The lowest BCUT2D eigenvalue weighted by atomic mass is 10.2. The molecule has 0 heterocycles. The molecule has 0 unspecified atom stereocenters. The van der Waals surface area contributed by atoms with Gasteiger partial charge in [0.05, 0.1) is 11.4 Å². The standard InChI is InChI=1S/C14H12F3N3O2/c15-8-3-1-7(2-4-8)6-19-13-9(16)5-10(20-14(21)22)12(18)11(13)17/h1-5,19-20H,6,18H2,(H,21,22). The molecule has 0 aliphatic heterocycles. The number of nitrogens with one attached hydrogen (secondary N) is 2. The Balaban J connectivity index is 2.22. The van der Waals surface area contributed by atoms with E-state index in [-0.39, 0.29) is 12.2 Å². The highest BCUT2D eigenvalue weighted by Crippen LogP contribution is 2.31. The molecule has 0 fully saturated rings. The van der Waals surface area contributed by atoms with Gasteiger partial charge in [0.1, 0.15) is 11.5 Å². The van der Waals surface area contributed by atoms with Crippen molar-refractivity contribution in [3.63, 3.8) is 0 Å². The van der Waals surface area contributed by atoms with E-state index in [1.165, 1.54) is 24.3 Å². The molecule has 0 aliphatic carbocycles. The van der Waals surface area contributed by atoms with Gasteiger partial charge in [-0.05, 0) is 17.7 Å². The summed E-state index contributed by atoms with van der Waals surface area (Å²) in [4.78, 5) is 10.5. The number of benzene rings is 2. The van der Waals surface area contributed by atoms with Crippen molar-refractivity contribution in [2.45, 2.75) is 6.54 Å². The van der Waals surface area contributed by atoms with E-state index in [2.05, 4.69) is 5.32 Å². The van der Waals surface area contributed by atoms with Crippen LogP contribution in [0.4, 0.5) is 35.0 Å². The van der Waals surface area contributed by atoms with E-state index in [0.717, 1.165) is 6.07 Å². The summed E-state index contributed by atoms with van der Waals surface area (Å²) in [7, 11) is 0. The summed E-state index contributed by atoms with van der Waals surface area (Å²) in [5, 5.41) is 12.9. The summed E-state index contributed by atoms with van der Waals surface area (Å²) in [5.74, 6) is -2.53. The Kier molecular flexibility index (Phi) is 4.40. The van der Waals surface area contributed by atoms with E-state index in [9.17, 15) is 18.0 Å². The molecule has 0 aromatic heterocycles. The molecule has 2 aromatic rings. The van der Waals surface area contributed by atoms with Crippen molar-refractivity contribution in [2.75, 3.05) is 16.4 Å². The summed E-state index contributed by atoms with van der Waals surface area (Å²) < 4.78 is 40.6. The molecule has 22 heavy (non-hydrogen) atoms. The van der Waals surface area contributed by atoms with Gasteiger partial charge in [0.15, 0.2) is 11.6 Å². The Morgan fingerprint density at radius 1 is 1.18 bits per heavy atom. The maximum Gasteiger partial charge on any atom is 0.409 e. The summed E-state index contributed by atoms with van der Waals surface area (Å²) in [6.45, 7) is 0.0409. The van der Waals surface area contributed by atoms with E-state index < -0.39 is 34.9 Å². The van der Waals surface area contributed by atoms with E-state index in [0.29, 0.717) is 5.56 Å². The second-order valence-electron chi connectivity index (χ2n) is 4.42. The first-order valence-corrected chi connectivity index (χ1v) is 6.14. The minimum absolute atomic E-state index is 0.0409. The van der Waals surface area contributed by atoms with Gasteiger partial charge in [-0.3, -0.25) is 5.32 Å². The topological polar surface area (TPSA) is 87.4 Å². The monoisotopic (exact) mass is 311 g/mol. The van der Waals surface area contributed by atoms with Crippen LogP contribution in [0.1, 0.15) is 5.56 Å². The first kappa shape index (κ1) is 15.5. The van der Waals surface area contributed by atoms with Crippen LogP contribution in [0.2, 0.25) is 0 Å². The zero-order valence-corrected chi connectivity index (χ0v) is 11.2. The maximum atomic E-state index is 14.0. The molecule has 0 saturated carbocycles. The summed E-state index contributed by atoms with van der Waals surface area (Å²) >= 11 is 0. The zero-order valence-electron chi connectivity index (χ0n) is 11.2. The molecule has 0 bridgehead atoms. The van der Waals surface area contributed by atoms with Crippen molar-refractivity contribution in [3.8, 4) is 0 Å². The number of anilines is 3. The molecule has 116 valence electrons. The second kappa shape index (κ2) is 6.25. The van der Waals surface area contributed by atoms with Crippen molar-refractivity contribution >= 4 is 23.2 Å². The lowest BCUT2D eigenvalue weighted by Crippen LogP contribution is -2.13. The Hall–Kier alpha value is -2.90. The van der Waals surface area contributed by atoms with Gasteiger partial charge in [-0.15, -0.1) is 0 Å². The normalized spacial score (nSPS) is 10.3. The van der Waals surface area contributed by atoms with Crippen LogP contribution in [0.25, 0.3) is 0 Å². The van der Waals surface area contributed by atoms with Crippen molar-refractivity contribution in [2.24, 2.45) is 0 Å². The van der Waals surface area contributed by atoms with Crippen molar-refractivity contribution in [1.29, 1.82) is 0 Å². The average molecular weight is 311 g/mol. The van der Waals surface area contributed by atoms with E-state index in [1.807, 2.05) is 0 Å². The number of nitrogen functional groups attached to an aromatic ring is 1. The largest absolute Gasteiger partial charge is 0.465 e. The van der Waals surface area contributed by atoms with E-state index >= 15 is 0 Å². The van der Waals surface area contributed by atoms with Crippen molar-refractivity contribution in [3.05, 3.63) is 53.3 Å². The summed E-state index contributed by atoms with van der Waals surface area (Å²) in [6.07, 6.45) is -1.49. The molecular weight excluding hydrogens is 299 g/mol. The van der Waals surface area contributed by atoms with Gasteiger partial charge >= 0.3 is 6.09 Å². The number of rotatable bonds is 4. The fraction of sp³-hybridized carbons (Fsp3) is 0.0714. The highest BCUT2D eigenvalue weighted by Gasteiger charge is 2.17. The van der Waals surface area contributed by atoms with Crippen LogP contribution in [0.3, 0.4) is 0 Å². The lowest BCUT2D eigenvalue weighted by Gasteiger charge is -2.13. The third kappa shape index (κ3) is 3.40. The zero-order chi connectivity index (χ0) is 16.3. The van der Waals surface area contributed by atoms with Crippen LogP contribution in [0.15, 0.2) is 30.3 Å². The van der Waals surface area contributed by atoms with E-state index in [4.69, 9.17) is 10.8 Å². The van der Waals surface area contributed by atoms with Gasteiger partial charge in [-0.25, -0.2) is 18.0 Å². The maximum absolute atomic E-state index is 14.0. The quantitative estimate of drug-likeness (QED) is 0.652.